The van der Waals surface area contributed by atoms with E-state index < -0.39 is 0 Å². The van der Waals surface area contributed by atoms with E-state index in [0.717, 1.165) is 17.8 Å². The fraction of sp³-hybridized carbons (Fsp3) is 1.00. The molecule has 1 N–H and O–H groups in total. The van der Waals surface area contributed by atoms with Gasteiger partial charge in [-0.1, -0.05) is 39.5 Å². The lowest BCUT2D eigenvalue weighted by atomic mass is 9.63. The van der Waals surface area contributed by atoms with Gasteiger partial charge in [-0.3, -0.25) is 0 Å². The molecule has 2 unspecified atom stereocenters. The number of nitrogens with one attached hydrogen (secondary N) is 1. The lowest BCUT2D eigenvalue weighted by Crippen LogP contribution is -2.38. The molecule has 2 saturated carbocycles. The van der Waals surface area contributed by atoms with Crippen molar-refractivity contribution < 1.29 is 0 Å². The summed E-state index contributed by atoms with van der Waals surface area (Å²) in [7, 11) is 2.12. The molecule has 0 saturated heterocycles. The second kappa shape index (κ2) is 5.08. The van der Waals surface area contributed by atoms with Gasteiger partial charge in [-0.15, -0.1) is 0 Å². The predicted octanol–water partition coefficient (Wildman–Crippen LogP) is 3.84. The zero-order chi connectivity index (χ0) is 11.6. The molecule has 94 valence electrons. The van der Waals surface area contributed by atoms with E-state index in [0.29, 0.717) is 5.41 Å². The first kappa shape index (κ1) is 12.4. The van der Waals surface area contributed by atoms with Crippen molar-refractivity contribution in [1.29, 1.82) is 0 Å². The third kappa shape index (κ3) is 2.80. The smallest absolute Gasteiger partial charge is 0.00208 e. The Kier molecular flexibility index (Phi) is 3.94. The minimum atomic E-state index is 0.609. The first-order valence-corrected chi connectivity index (χ1v) is 7.27. The maximum Gasteiger partial charge on any atom is -0.00208 e. The molecule has 2 fully saturated rings. The highest BCUT2D eigenvalue weighted by atomic mass is 14.8. The summed E-state index contributed by atoms with van der Waals surface area (Å²) in [4.78, 5) is 0. The van der Waals surface area contributed by atoms with Crippen molar-refractivity contribution in [3.05, 3.63) is 0 Å². The van der Waals surface area contributed by atoms with Crippen LogP contribution in [0, 0.1) is 23.2 Å². The molecule has 0 spiro atoms. The monoisotopic (exact) mass is 223 g/mol. The van der Waals surface area contributed by atoms with Crippen LogP contribution >= 0.6 is 0 Å². The van der Waals surface area contributed by atoms with Crippen LogP contribution in [0.4, 0.5) is 0 Å². The minimum Gasteiger partial charge on any atom is -0.319 e. The van der Waals surface area contributed by atoms with Gasteiger partial charge < -0.3 is 5.32 Å². The molecule has 0 radical (unpaired) electrons. The molecule has 2 rings (SSSR count). The van der Waals surface area contributed by atoms with Gasteiger partial charge in [-0.2, -0.15) is 0 Å². The zero-order valence-electron chi connectivity index (χ0n) is 11.4. The van der Waals surface area contributed by atoms with Crippen molar-refractivity contribution in [2.24, 2.45) is 23.2 Å². The highest BCUT2D eigenvalue weighted by Crippen LogP contribution is 2.48. The molecular weight excluding hydrogens is 194 g/mol. The van der Waals surface area contributed by atoms with E-state index in [1.807, 2.05) is 0 Å². The summed E-state index contributed by atoms with van der Waals surface area (Å²) >= 11 is 0. The highest BCUT2D eigenvalue weighted by molar-refractivity contribution is 4.90. The first-order valence-electron chi connectivity index (χ1n) is 7.27. The van der Waals surface area contributed by atoms with E-state index in [-0.39, 0.29) is 0 Å². The van der Waals surface area contributed by atoms with Crippen LogP contribution in [0.2, 0.25) is 0 Å². The molecule has 0 aromatic carbocycles. The summed E-state index contributed by atoms with van der Waals surface area (Å²) in [5.41, 5.74) is 0.609. The van der Waals surface area contributed by atoms with Crippen molar-refractivity contribution in [3.8, 4) is 0 Å². The minimum absolute atomic E-state index is 0.609. The maximum atomic E-state index is 3.42. The summed E-state index contributed by atoms with van der Waals surface area (Å²) in [5.74, 6) is 3.03. The lowest BCUT2D eigenvalue weighted by molar-refractivity contribution is 0.0757. The molecule has 1 nitrogen and oxygen atoms in total. The molecule has 16 heavy (non-hydrogen) atoms. The van der Waals surface area contributed by atoms with Crippen molar-refractivity contribution >= 4 is 0 Å². The maximum absolute atomic E-state index is 3.42. The van der Waals surface area contributed by atoms with Crippen molar-refractivity contribution in [3.63, 3.8) is 0 Å². The fourth-order valence-electron chi connectivity index (χ4n) is 4.15. The van der Waals surface area contributed by atoms with Crippen LogP contribution in [0.1, 0.15) is 58.8 Å². The molecule has 2 aliphatic rings. The van der Waals surface area contributed by atoms with Crippen molar-refractivity contribution in [2.45, 2.75) is 58.8 Å². The van der Waals surface area contributed by atoms with Crippen LogP contribution in [-0.2, 0) is 0 Å². The molecule has 2 aliphatic carbocycles. The third-order valence-electron chi connectivity index (χ3n) is 5.06. The van der Waals surface area contributed by atoms with Crippen LogP contribution < -0.4 is 5.32 Å². The normalized spacial score (nSPS) is 35.4. The first-order chi connectivity index (χ1) is 7.62. The summed E-state index contributed by atoms with van der Waals surface area (Å²) < 4.78 is 0. The molecule has 1 heteroatoms. The third-order valence-corrected chi connectivity index (χ3v) is 5.06. The Morgan fingerprint density at radius 3 is 2.44 bits per heavy atom. The summed E-state index contributed by atoms with van der Waals surface area (Å²) in [5, 5.41) is 3.42. The molecule has 0 aromatic heterocycles. The Morgan fingerprint density at radius 1 is 1.12 bits per heavy atom. The molecule has 0 amide bonds. The van der Waals surface area contributed by atoms with Crippen LogP contribution in [0.25, 0.3) is 0 Å². The number of hydrogen-bond donors (Lipinski definition) is 1. The van der Waals surface area contributed by atoms with Crippen LogP contribution in [-0.4, -0.2) is 13.6 Å². The van der Waals surface area contributed by atoms with Crippen LogP contribution in [0.3, 0.4) is 0 Å². The zero-order valence-corrected chi connectivity index (χ0v) is 11.4. The molecule has 0 aromatic rings. The van der Waals surface area contributed by atoms with Gasteiger partial charge in [0.2, 0.25) is 0 Å². The van der Waals surface area contributed by atoms with E-state index >= 15 is 0 Å². The molecular formula is C15H29N. The Morgan fingerprint density at radius 2 is 1.81 bits per heavy atom. The van der Waals surface area contributed by atoms with E-state index in [9.17, 15) is 0 Å². The second-order valence-corrected chi connectivity index (χ2v) is 6.93. The van der Waals surface area contributed by atoms with Gasteiger partial charge in [0.15, 0.2) is 0 Å². The van der Waals surface area contributed by atoms with E-state index in [2.05, 4.69) is 26.2 Å². The van der Waals surface area contributed by atoms with Gasteiger partial charge in [0.25, 0.3) is 0 Å². The van der Waals surface area contributed by atoms with Crippen LogP contribution in [0.15, 0.2) is 0 Å². The van der Waals surface area contributed by atoms with E-state index in [1.54, 1.807) is 0 Å². The van der Waals surface area contributed by atoms with Crippen molar-refractivity contribution in [1.82, 2.24) is 5.32 Å². The van der Waals surface area contributed by atoms with Gasteiger partial charge in [-0.25, -0.2) is 0 Å². The SMILES string of the molecule is CNCC1CCC(C)(C)CC1C1CCCC1. The van der Waals surface area contributed by atoms with E-state index in [1.165, 1.54) is 51.5 Å². The largest absolute Gasteiger partial charge is 0.319 e. The number of rotatable bonds is 3. The van der Waals surface area contributed by atoms with Gasteiger partial charge >= 0.3 is 0 Å². The lowest BCUT2D eigenvalue weighted by Gasteiger charge is -2.43. The second-order valence-electron chi connectivity index (χ2n) is 6.93. The topological polar surface area (TPSA) is 12.0 Å². The van der Waals surface area contributed by atoms with Gasteiger partial charge in [0.1, 0.15) is 0 Å². The standard InChI is InChI=1S/C15H29N/c1-15(2)9-8-13(11-16-3)14(10-15)12-6-4-5-7-12/h12-14,16H,4-11H2,1-3H3. The Labute approximate surface area is 101 Å². The molecule has 0 heterocycles. The highest BCUT2D eigenvalue weighted by Gasteiger charge is 2.39. The Balaban J connectivity index is 2.01. The average Bonchev–Trinajstić information content (AvgIpc) is 2.74. The summed E-state index contributed by atoms with van der Waals surface area (Å²) in [6.07, 6.45) is 10.4. The quantitative estimate of drug-likeness (QED) is 0.766. The summed E-state index contributed by atoms with van der Waals surface area (Å²) in [6.45, 7) is 6.20. The van der Waals surface area contributed by atoms with Crippen LogP contribution in [0.5, 0.6) is 0 Å². The fourth-order valence-corrected chi connectivity index (χ4v) is 4.15. The molecule has 2 atom stereocenters. The average molecular weight is 223 g/mol. The van der Waals surface area contributed by atoms with E-state index in [4.69, 9.17) is 0 Å². The number of hydrogen-bond acceptors (Lipinski definition) is 1. The van der Waals surface area contributed by atoms with Gasteiger partial charge in [0.05, 0.1) is 0 Å². The van der Waals surface area contributed by atoms with Crippen molar-refractivity contribution in [2.75, 3.05) is 13.6 Å². The molecule has 0 bridgehead atoms. The van der Waals surface area contributed by atoms with Gasteiger partial charge in [-0.05, 0) is 56.0 Å². The molecule has 0 aliphatic heterocycles. The summed E-state index contributed by atoms with van der Waals surface area (Å²) in [6, 6.07) is 0. The predicted molar refractivity (Wildman–Crippen MR) is 70.5 cm³/mol. The Bertz CT molecular complexity index is 215. The Hall–Kier alpha value is -0.0400. The van der Waals surface area contributed by atoms with Gasteiger partial charge in [0, 0.05) is 0 Å².